The van der Waals surface area contributed by atoms with Crippen molar-refractivity contribution < 1.29 is 22.8 Å². The Morgan fingerprint density at radius 3 is 2.47 bits per heavy atom. The molecule has 0 bridgehead atoms. The molecule has 2 heterocycles. The molecule has 0 aliphatic carbocycles. The van der Waals surface area contributed by atoms with E-state index in [1.165, 1.54) is 24.3 Å². The fourth-order valence-electron chi connectivity index (χ4n) is 3.03. The molecule has 34 heavy (non-hydrogen) atoms. The lowest BCUT2D eigenvalue weighted by atomic mass is 10.2. The molecular weight excluding hydrogens is 522 g/mol. The van der Waals surface area contributed by atoms with E-state index < -0.39 is 24.5 Å². The first-order chi connectivity index (χ1) is 16.0. The summed E-state index contributed by atoms with van der Waals surface area (Å²) in [5.41, 5.74) is -0.225. The van der Waals surface area contributed by atoms with Gasteiger partial charge in [-0.3, -0.25) is 4.57 Å². The van der Waals surface area contributed by atoms with Crippen LogP contribution in [0.2, 0.25) is 15.1 Å². The van der Waals surface area contributed by atoms with Crippen LogP contribution in [0, 0.1) is 0 Å². The molecule has 1 unspecified atom stereocenters. The maximum Gasteiger partial charge on any atom is 0.416 e. The second kappa shape index (κ2) is 9.41. The number of hydrogen-bond donors (Lipinski definition) is 1. The van der Waals surface area contributed by atoms with Crippen molar-refractivity contribution in [3.8, 4) is 22.8 Å². The maximum absolute atomic E-state index is 13.0. The predicted octanol–water partition coefficient (Wildman–Crippen LogP) is 4.69. The summed E-state index contributed by atoms with van der Waals surface area (Å²) in [5.74, 6) is -0.0696. The fraction of sp³-hybridized carbons (Fsp3) is 0.200. The normalized spacial score (nSPS) is 12.8. The van der Waals surface area contributed by atoms with E-state index in [-0.39, 0.29) is 34.1 Å². The van der Waals surface area contributed by atoms with Crippen LogP contribution < -0.4 is 5.69 Å². The summed E-state index contributed by atoms with van der Waals surface area (Å²) in [7, 11) is 0. The molecule has 0 fully saturated rings. The van der Waals surface area contributed by atoms with Crippen LogP contribution in [0.15, 0.2) is 51.8 Å². The second-order valence-electron chi connectivity index (χ2n) is 7.05. The van der Waals surface area contributed by atoms with Crippen molar-refractivity contribution in [2.75, 3.05) is 0 Å². The molecule has 4 aromatic rings. The third-order valence-electron chi connectivity index (χ3n) is 4.70. The van der Waals surface area contributed by atoms with E-state index in [2.05, 4.69) is 15.2 Å². The molecule has 0 spiro atoms. The van der Waals surface area contributed by atoms with Gasteiger partial charge in [0.05, 0.1) is 16.6 Å². The van der Waals surface area contributed by atoms with Gasteiger partial charge < -0.3 is 9.63 Å². The first-order valence-electron chi connectivity index (χ1n) is 9.50. The third-order valence-corrected chi connectivity index (χ3v) is 5.78. The number of rotatable bonds is 6. The van der Waals surface area contributed by atoms with Crippen LogP contribution >= 0.6 is 34.8 Å². The van der Waals surface area contributed by atoms with Crippen molar-refractivity contribution in [2.45, 2.75) is 25.4 Å². The smallest absolute Gasteiger partial charge is 0.382 e. The van der Waals surface area contributed by atoms with E-state index in [0.717, 1.165) is 4.68 Å². The fourth-order valence-corrected chi connectivity index (χ4v) is 3.54. The van der Waals surface area contributed by atoms with E-state index in [9.17, 15) is 23.1 Å². The van der Waals surface area contributed by atoms with Crippen LogP contribution in [-0.2, 0) is 13.1 Å². The van der Waals surface area contributed by atoms with Crippen LogP contribution in [0.5, 0.6) is 0 Å². The zero-order valence-corrected chi connectivity index (χ0v) is 19.1. The molecule has 1 atom stereocenters. The molecule has 2 aromatic heterocycles. The summed E-state index contributed by atoms with van der Waals surface area (Å²) in [6, 6.07) is 10.8. The van der Waals surface area contributed by atoms with Crippen LogP contribution in [-0.4, -0.2) is 41.9 Å². The lowest BCUT2D eigenvalue weighted by Gasteiger charge is -2.15. The molecule has 178 valence electrons. The van der Waals surface area contributed by atoms with E-state index in [1.807, 2.05) is 0 Å². The topological polar surface area (TPSA) is 99.0 Å². The summed E-state index contributed by atoms with van der Waals surface area (Å²) in [4.78, 5) is 17.1. The van der Waals surface area contributed by atoms with Gasteiger partial charge in [-0.05, 0) is 36.4 Å². The van der Waals surface area contributed by atoms with Gasteiger partial charge in [-0.15, -0.1) is 5.10 Å². The van der Waals surface area contributed by atoms with Gasteiger partial charge in [0.2, 0.25) is 11.7 Å². The molecule has 0 aliphatic rings. The maximum atomic E-state index is 13.0. The minimum absolute atomic E-state index is 0.0585. The van der Waals surface area contributed by atoms with Gasteiger partial charge in [0.1, 0.15) is 6.54 Å². The molecule has 0 saturated heterocycles. The molecule has 0 radical (unpaired) electrons. The standard InChI is InChI=1S/C20H13Cl3F3N5O3/c21-11-6-4-10(5-7-11)18-28-31(19(33)30(18)8-14(32)20(24,25)26)9-15-27-17(29-34-15)12-2-1-3-13(22)16(12)23/h1-7,14,32H,8-9H2. The molecule has 2 aromatic carbocycles. The Morgan fingerprint density at radius 2 is 1.79 bits per heavy atom. The van der Waals surface area contributed by atoms with Crippen molar-refractivity contribution >= 4 is 34.8 Å². The molecule has 8 nitrogen and oxygen atoms in total. The lowest BCUT2D eigenvalue weighted by Crippen LogP contribution is -2.37. The predicted molar refractivity (Wildman–Crippen MR) is 118 cm³/mol. The molecule has 1 N–H and O–H groups in total. The highest BCUT2D eigenvalue weighted by Crippen LogP contribution is 2.32. The highest BCUT2D eigenvalue weighted by molar-refractivity contribution is 6.43. The monoisotopic (exact) mass is 533 g/mol. The number of nitrogens with zero attached hydrogens (tertiary/aromatic N) is 5. The van der Waals surface area contributed by atoms with Crippen molar-refractivity contribution in [1.29, 1.82) is 0 Å². The van der Waals surface area contributed by atoms with Gasteiger partial charge in [-0.2, -0.15) is 18.2 Å². The van der Waals surface area contributed by atoms with Crippen molar-refractivity contribution in [2.24, 2.45) is 0 Å². The summed E-state index contributed by atoms with van der Waals surface area (Å²) < 4.78 is 45.6. The quantitative estimate of drug-likeness (QED) is 0.385. The van der Waals surface area contributed by atoms with Gasteiger partial charge in [-0.1, -0.05) is 46.0 Å². The zero-order valence-electron chi connectivity index (χ0n) is 16.8. The molecule has 14 heteroatoms. The molecule has 0 aliphatic heterocycles. The number of benzene rings is 2. The van der Waals surface area contributed by atoms with Crippen LogP contribution in [0.25, 0.3) is 22.8 Å². The van der Waals surface area contributed by atoms with Gasteiger partial charge >= 0.3 is 11.9 Å². The summed E-state index contributed by atoms with van der Waals surface area (Å²) in [6.45, 7) is -1.41. The number of aliphatic hydroxyl groups is 1. The molecule has 0 amide bonds. The summed E-state index contributed by atoms with van der Waals surface area (Å²) in [6.07, 6.45) is -7.72. The van der Waals surface area contributed by atoms with Gasteiger partial charge in [-0.25, -0.2) is 9.48 Å². The molecule has 0 saturated carbocycles. The van der Waals surface area contributed by atoms with E-state index >= 15 is 0 Å². The van der Waals surface area contributed by atoms with E-state index in [1.54, 1.807) is 18.2 Å². The lowest BCUT2D eigenvalue weighted by molar-refractivity contribution is -0.207. The summed E-state index contributed by atoms with van der Waals surface area (Å²) >= 11 is 18.0. The van der Waals surface area contributed by atoms with Gasteiger partial charge in [0.15, 0.2) is 11.9 Å². The van der Waals surface area contributed by atoms with Crippen molar-refractivity contribution in [3.63, 3.8) is 0 Å². The number of halogens is 6. The van der Waals surface area contributed by atoms with Crippen LogP contribution in [0.3, 0.4) is 0 Å². The second-order valence-corrected chi connectivity index (χ2v) is 8.27. The average Bonchev–Trinajstić information content (AvgIpc) is 3.36. The number of alkyl halides is 3. The minimum atomic E-state index is -4.93. The Hall–Kier alpha value is -2.86. The highest BCUT2D eigenvalue weighted by Gasteiger charge is 2.39. The van der Waals surface area contributed by atoms with Crippen LogP contribution in [0.4, 0.5) is 13.2 Å². The Kier molecular flexibility index (Phi) is 6.72. The first-order valence-corrected chi connectivity index (χ1v) is 10.6. The van der Waals surface area contributed by atoms with Crippen molar-refractivity contribution in [3.05, 3.63) is 73.9 Å². The number of aliphatic hydroxyl groups excluding tert-OH is 1. The Morgan fingerprint density at radius 1 is 1.09 bits per heavy atom. The van der Waals surface area contributed by atoms with E-state index in [0.29, 0.717) is 20.7 Å². The summed E-state index contributed by atoms with van der Waals surface area (Å²) in [5, 5.41) is 18.3. The van der Waals surface area contributed by atoms with Crippen molar-refractivity contribution in [1.82, 2.24) is 24.5 Å². The Labute approximate surface area is 204 Å². The third kappa shape index (κ3) is 4.97. The highest BCUT2D eigenvalue weighted by atomic mass is 35.5. The van der Waals surface area contributed by atoms with Gasteiger partial charge in [0, 0.05) is 16.1 Å². The Balaban J connectivity index is 1.71. The number of hydrogen-bond acceptors (Lipinski definition) is 6. The first kappa shape index (κ1) is 24.3. The van der Waals surface area contributed by atoms with Gasteiger partial charge in [0.25, 0.3) is 0 Å². The van der Waals surface area contributed by atoms with E-state index in [4.69, 9.17) is 39.3 Å². The average molecular weight is 535 g/mol. The largest absolute Gasteiger partial charge is 0.416 e. The Bertz CT molecular complexity index is 1380. The minimum Gasteiger partial charge on any atom is -0.382 e. The van der Waals surface area contributed by atoms with Crippen LogP contribution in [0.1, 0.15) is 5.89 Å². The zero-order chi connectivity index (χ0) is 24.6. The molecular formula is C20H13Cl3F3N5O3. The molecule has 4 rings (SSSR count). The number of aromatic nitrogens is 5. The SMILES string of the molecule is O=c1n(Cc2nc(-c3cccc(Cl)c3Cl)no2)nc(-c2ccc(Cl)cc2)n1CC(O)C(F)(F)F.